The third kappa shape index (κ3) is 5.95. The van der Waals surface area contributed by atoms with Crippen molar-refractivity contribution in [1.29, 1.82) is 0 Å². The van der Waals surface area contributed by atoms with E-state index >= 15 is 0 Å². The van der Waals surface area contributed by atoms with Crippen molar-refractivity contribution in [2.45, 2.75) is 32.2 Å². The van der Waals surface area contributed by atoms with Gasteiger partial charge in [0.25, 0.3) is 0 Å². The van der Waals surface area contributed by atoms with E-state index in [9.17, 15) is 0 Å². The fraction of sp³-hybridized carbons (Fsp3) is 0.400. The molecule has 0 aromatic heterocycles. The van der Waals surface area contributed by atoms with E-state index in [2.05, 4.69) is 36.5 Å². The molecule has 1 unspecified atom stereocenters. The number of ether oxygens (including phenoxy) is 2. The number of rotatable bonds is 9. The third-order valence-corrected chi connectivity index (χ3v) is 3.97. The van der Waals surface area contributed by atoms with Crippen molar-refractivity contribution in [2.75, 3.05) is 20.8 Å². The zero-order valence-corrected chi connectivity index (χ0v) is 14.3. The average Bonchev–Trinajstić information content (AvgIpc) is 2.59. The van der Waals surface area contributed by atoms with Gasteiger partial charge in [-0.25, -0.2) is 0 Å². The first-order chi connectivity index (χ1) is 11.2. The van der Waals surface area contributed by atoms with Crippen LogP contribution in [-0.2, 0) is 12.8 Å². The second-order valence-electron chi connectivity index (χ2n) is 5.86. The van der Waals surface area contributed by atoms with Crippen LogP contribution in [0.4, 0.5) is 0 Å². The van der Waals surface area contributed by atoms with Gasteiger partial charge in [-0.2, -0.15) is 0 Å². The van der Waals surface area contributed by atoms with Gasteiger partial charge in [0.1, 0.15) is 11.5 Å². The molecule has 1 atom stereocenters. The summed E-state index contributed by atoms with van der Waals surface area (Å²) in [6.07, 6.45) is 3.22. The molecule has 1 N–H and O–H groups in total. The smallest absolute Gasteiger partial charge is 0.119 e. The summed E-state index contributed by atoms with van der Waals surface area (Å²) in [5.74, 6) is 1.84. The van der Waals surface area contributed by atoms with Gasteiger partial charge in [0.2, 0.25) is 0 Å². The third-order valence-electron chi connectivity index (χ3n) is 3.97. The second kappa shape index (κ2) is 9.21. The number of aryl methyl sites for hydroxylation is 1. The molecule has 0 spiro atoms. The Balaban J connectivity index is 1.68. The number of methoxy groups -OCH3 is 2. The lowest BCUT2D eigenvalue weighted by Gasteiger charge is -2.14. The Morgan fingerprint density at radius 3 is 2.35 bits per heavy atom. The zero-order chi connectivity index (χ0) is 16.5. The van der Waals surface area contributed by atoms with E-state index in [-0.39, 0.29) is 0 Å². The molecule has 0 radical (unpaired) electrons. The Hall–Kier alpha value is -2.00. The van der Waals surface area contributed by atoms with Crippen LogP contribution in [0.3, 0.4) is 0 Å². The van der Waals surface area contributed by atoms with Crippen molar-refractivity contribution in [2.24, 2.45) is 0 Å². The maximum absolute atomic E-state index is 5.26. The summed E-state index contributed by atoms with van der Waals surface area (Å²) in [5.41, 5.74) is 2.66. The van der Waals surface area contributed by atoms with Crippen LogP contribution < -0.4 is 14.8 Å². The van der Waals surface area contributed by atoms with Gasteiger partial charge in [-0.3, -0.25) is 0 Å². The number of hydrogen-bond acceptors (Lipinski definition) is 3. The van der Waals surface area contributed by atoms with E-state index in [0.717, 1.165) is 37.3 Å². The van der Waals surface area contributed by atoms with E-state index in [1.807, 2.05) is 24.3 Å². The zero-order valence-electron chi connectivity index (χ0n) is 14.3. The molecule has 2 rings (SSSR count). The predicted octanol–water partition coefficient (Wildman–Crippen LogP) is 3.86. The second-order valence-corrected chi connectivity index (χ2v) is 5.86. The Morgan fingerprint density at radius 2 is 1.65 bits per heavy atom. The maximum Gasteiger partial charge on any atom is 0.119 e. The van der Waals surface area contributed by atoms with E-state index < -0.39 is 0 Å². The standard InChI is InChI=1S/C20H27NO2/c1-16(14-18-9-11-19(22-2)12-10-18)21-13-5-7-17-6-4-8-20(15-17)23-3/h4,6,8-12,15-16,21H,5,7,13-14H2,1-3H3. The Morgan fingerprint density at radius 1 is 0.913 bits per heavy atom. The SMILES string of the molecule is COc1ccc(CC(C)NCCCc2cccc(OC)c2)cc1. The summed E-state index contributed by atoms with van der Waals surface area (Å²) in [6.45, 7) is 3.25. The maximum atomic E-state index is 5.26. The van der Waals surface area contributed by atoms with Gasteiger partial charge in [0, 0.05) is 6.04 Å². The summed E-state index contributed by atoms with van der Waals surface area (Å²) in [6, 6.07) is 17.1. The van der Waals surface area contributed by atoms with E-state index in [1.165, 1.54) is 11.1 Å². The highest BCUT2D eigenvalue weighted by molar-refractivity contribution is 5.28. The fourth-order valence-electron chi connectivity index (χ4n) is 2.66. The molecule has 23 heavy (non-hydrogen) atoms. The summed E-state index contributed by atoms with van der Waals surface area (Å²) >= 11 is 0. The molecule has 0 saturated carbocycles. The molecule has 2 aromatic rings. The van der Waals surface area contributed by atoms with Gasteiger partial charge in [0.15, 0.2) is 0 Å². The fourth-order valence-corrected chi connectivity index (χ4v) is 2.66. The molecule has 0 fully saturated rings. The first-order valence-corrected chi connectivity index (χ1v) is 8.20. The first-order valence-electron chi connectivity index (χ1n) is 8.20. The van der Waals surface area contributed by atoms with Gasteiger partial charge in [-0.1, -0.05) is 24.3 Å². The summed E-state index contributed by atoms with van der Waals surface area (Å²) in [5, 5.41) is 3.60. The molecule has 0 aliphatic rings. The molecule has 0 saturated heterocycles. The largest absolute Gasteiger partial charge is 0.497 e. The van der Waals surface area contributed by atoms with E-state index in [1.54, 1.807) is 14.2 Å². The molecule has 0 bridgehead atoms. The topological polar surface area (TPSA) is 30.5 Å². The lowest BCUT2D eigenvalue weighted by atomic mass is 10.1. The molecular weight excluding hydrogens is 286 g/mol. The molecule has 0 aliphatic carbocycles. The van der Waals surface area contributed by atoms with Crippen LogP contribution in [0.1, 0.15) is 24.5 Å². The van der Waals surface area contributed by atoms with Gasteiger partial charge in [-0.15, -0.1) is 0 Å². The number of hydrogen-bond donors (Lipinski definition) is 1. The van der Waals surface area contributed by atoms with E-state index in [4.69, 9.17) is 9.47 Å². The van der Waals surface area contributed by atoms with Crippen molar-refractivity contribution in [1.82, 2.24) is 5.32 Å². The quantitative estimate of drug-likeness (QED) is 0.713. The van der Waals surface area contributed by atoms with Crippen LogP contribution in [0.2, 0.25) is 0 Å². The molecule has 2 aromatic carbocycles. The minimum atomic E-state index is 0.466. The van der Waals surface area contributed by atoms with Crippen LogP contribution in [0.15, 0.2) is 48.5 Å². The van der Waals surface area contributed by atoms with Crippen LogP contribution in [-0.4, -0.2) is 26.8 Å². The molecule has 0 amide bonds. The molecular formula is C20H27NO2. The Bertz CT molecular complexity index is 580. The Kier molecular flexibility index (Phi) is 6.95. The highest BCUT2D eigenvalue weighted by atomic mass is 16.5. The molecule has 0 heterocycles. The van der Waals surface area contributed by atoms with Crippen molar-refractivity contribution in [3.63, 3.8) is 0 Å². The lowest BCUT2D eigenvalue weighted by Crippen LogP contribution is -2.29. The number of benzene rings is 2. The highest BCUT2D eigenvalue weighted by Gasteiger charge is 2.03. The van der Waals surface area contributed by atoms with E-state index in [0.29, 0.717) is 6.04 Å². The van der Waals surface area contributed by atoms with Crippen LogP contribution >= 0.6 is 0 Å². The van der Waals surface area contributed by atoms with Crippen LogP contribution in [0, 0.1) is 0 Å². The van der Waals surface area contributed by atoms with Crippen molar-refractivity contribution in [3.8, 4) is 11.5 Å². The summed E-state index contributed by atoms with van der Waals surface area (Å²) < 4.78 is 10.4. The van der Waals surface area contributed by atoms with Gasteiger partial charge in [-0.05, 0) is 68.1 Å². The summed E-state index contributed by atoms with van der Waals surface area (Å²) in [4.78, 5) is 0. The minimum Gasteiger partial charge on any atom is -0.497 e. The molecule has 3 heteroatoms. The molecule has 3 nitrogen and oxygen atoms in total. The lowest BCUT2D eigenvalue weighted by molar-refractivity contribution is 0.414. The van der Waals surface area contributed by atoms with Gasteiger partial charge >= 0.3 is 0 Å². The minimum absolute atomic E-state index is 0.466. The summed E-state index contributed by atoms with van der Waals surface area (Å²) in [7, 11) is 3.41. The predicted molar refractivity (Wildman–Crippen MR) is 95.5 cm³/mol. The van der Waals surface area contributed by atoms with Crippen LogP contribution in [0.25, 0.3) is 0 Å². The average molecular weight is 313 g/mol. The number of nitrogens with one attached hydrogen (secondary N) is 1. The van der Waals surface area contributed by atoms with Crippen LogP contribution in [0.5, 0.6) is 11.5 Å². The highest BCUT2D eigenvalue weighted by Crippen LogP contribution is 2.14. The van der Waals surface area contributed by atoms with Gasteiger partial charge in [0.05, 0.1) is 14.2 Å². The van der Waals surface area contributed by atoms with Crippen molar-refractivity contribution in [3.05, 3.63) is 59.7 Å². The molecule has 124 valence electrons. The normalized spacial score (nSPS) is 12.0. The Labute approximate surface area is 139 Å². The molecule has 0 aliphatic heterocycles. The van der Waals surface area contributed by atoms with Gasteiger partial charge < -0.3 is 14.8 Å². The monoisotopic (exact) mass is 313 g/mol. The van der Waals surface area contributed by atoms with Crippen molar-refractivity contribution >= 4 is 0 Å². The first kappa shape index (κ1) is 17.4. The van der Waals surface area contributed by atoms with Crippen molar-refractivity contribution < 1.29 is 9.47 Å².